The Morgan fingerprint density at radius 1 is 1.19 bits per heavy atom. The second kappa shape index (κ2) is 6.65. The highest BCUT2D eigenvalue weighted by Crippen LogP contribution is 2.39. The quantitative estimate of drug-likeness (QED) is 0.635. The molecule has 3 rings (SSSR count). The number of aliphatic hydroxyl groups is 1. The van der Waals surface area contributed by atoms with E-state index < -0.39 is 33.9 Å². The van der Waals surface area contributed by atoms with Crippen LogP contribution in [0.25, 0.3) is 11.0 Å². The van der Waals surface area contributed by atoms with Crippen molar-refractivity contribution < 1.29 is 27.4 Å². The highest BCUT2D eigenvalue weighted by molar-refractivity contribution is 6.32. The number of aromatic nitrogens is 3. The number of nitrogens with zero attached hydrogens (tertiary/aromatic N) is 3. The molecule has 0 aliphatic rings. The number of ether oxygens (including phenoxy) is 1. The predicted molar refractivity (Wildman–Crippen MR) is 90.3 cm³/mol. The number of hydrogen-bond donors (Lipinski definition) is 1. The van der Waals surface area contributed by atoms with Crippen molar-refractivity contribution in [2.75, 3.05) is 0 Å². The van der Waals surface area contributed by atoms with Crippen molar-refractivity contribution in [2.24, 2.45) is 0 Å². The molecule has 0 saturated carbocycles. The molecule has 3 aromatic rings. The molecule has 0 atom stereocenters. The number of halogens is 5. The number of benzene rings is 2. The van der Waals surface area contributed by atoms with E-state index in [2.05, 4.69) is 10.3 Å². The van der Waals surface area contributed by atoms with Crippen molar-refractivity contribution >= 4 is 22.6 Å². The zero-order valence-corrected chi connectivity index (χ0v) is 14.9. The lowest BCUT2D eigenvalue weighted by molar-refractivity contribution is -0.137. The van der Waals surface area contributed by atoms with Gasteiger partial charge in [-0.25, -0.2) is 9.07 Å². The van der Waals surface area contributed by atoms with E-state index in [0.717, 1.165) is 0 Å². The summed E-state index contributed by atoms with van der Waals surface area (Å²) in [6.07, 6.45) is -4.73. The molecular weight excluding hydrogens is 390 g/mol. The highest BCUT2D eigenvalue weighted by Gasteiger charge is 2.32. The molecule has 1 heterocycles. The van der Waals surface area contributed by atoms with Crippen LogP contribution >= 0.6 is 11.6 Å². The van der Waals surface area contributed by atoms with E-state index in [1.165, 1.54) is 16.8 Å². The van der Waals surface area contributed by atoms with Crippen LogP contribution in [0.5, 0.6) is 11.5 Å². The molecular formula is C17H14ClF4N3O2. The van der Waals surface area contributed by atoms with E-state index in [9.17, 15) is 22.7 Å². The fourth-order valence-electron chi connectivity index (χ4n) is 2.43. The topological polar surface area (TPSA) is 60.2 Å². The molecule has 0 bridgehead atoms. The van der Waals surface area contributed by atoms with Crippen molar-refractivity contribution in [3.8, 4) is 11.5 Å². The van der Waals surface area contributed by atoms with Crippen LogP contribution in [0.15, 0.2) is 30.3 Å². The van der Waals surface area contributed by atoms with Gasteiger partial charge in [0, 0.05) is 6.07 Å². The Kier molecular flexibility index (Phi) is 4.77. The van der Waals surface area contributed by atoms with Gasteiger partial charge < -0.3 is 9.84 Å². The van der Waals surface area contributed by atoms with Gasteiger partial charge in [0.05, 0.1) is 28.2 Å². The maximum absolute atomic E-state index is 14.1. The second-order valence-electron chi connectivity index (χ2n) is 6.58. The van der Waals surface area contributed by atoms with Gasteiger partial charge in [-0.3, -0.25) is 0 Å². The van der Waals surface area contributed by atoms with Gasteiger partial charge >= 0.3 is 6.18 Å². The first-order valence-corrected chi connectivity index (χ1v) is 8.11. The van der Waals surface area contributed by atoms with Gasteiger partial charge in [0.25, 0.3) is 0 Å². The Morgan fingerprint density at radius 2 is 1.89 bits per heavy atom. The summed E-state index contributed by atoms with van der Waals surface area (Å²) in [5, 5.41) is 17.3. The zero-order chi connectivity index (χ0) is 20.0. The van der Waals surface area contributed by atoms with Crippen LogP contribution in [-0.4, -0.2) is 25.7 Å². The maximum atomic E-state index is 14.1. The van der Waals surface area contributed by atoms with Crippen LogP contribution in [0.4, 0.5) is 17.6 Å². The van der Waals surface area contributed by atoms with Crippen LogP contribution < -0.4 is 4.74 Å². The third-order valence-electron chi connectivity index (χ3n) is 3.57. The molecule has 2 aromatic carbocycles. The van der Waals surface area contributed by atoms with Crippen LogP contribution in [0, 0.1) is 5.82 Å². The Bertz CT molecular complexity index is 973. The number of rotatable bonds is 4. The average molecular weight is 404 g/mol. The van der Waals surface area contributed by atoms with E-state index in [0.29, 0.717) is 23.2 Å². The van der Waals surface area contributed by atoms with E-state index >= 15 is 0 Å². The summed E-state index contributed by atoms with van der Waals surface area (Å²) in [6, 6.07) is 5.40. The lowest BCUT2D eigenvalue weighted by Crippen LogP contribution is -2.26. The monoisotopic (exact) mass is 403 g/mol. The van der Waals surface area contributed by atoms with Gasteiger partial charge in [-0.2, -0.15) is 13.2 Å². The molecule has 0 aliphatic carbocycles. The van der Waals surface area contributed by atoms with Gasteiger partial charge in [0.2, 0.25) is 0 Å². The molecule has 5 nitrogen and oxygen atoms in total. The molecule has 0 radical (unpaired) electrons. The fraction of sp³-hybridized carbons (Fsp3) is 0.294. The van der Waals surface area contributed by atoms with Gasteiger partial charge in [-0.05, 0) is 38.1 Å². The third-order valence-corrected chi connectivity index (χ3v) is 3.85. The summed E-state index contributed by atoms with van der Waals surface area (Å²) >= 11 is 5.78. The predicted octanol–water partition coefficient (Wildman–Crippen LogP) is 4.81. The van der Waals surface area contributed by atoms with Crippen molar-refractivity contribution in [1.29, 1.82) is 0 Å². The molecule has 0 amide bonds. The van der Waals surface area contributed by atoms with Crippen LogP contribution in [0.3, 0.4) is 0 Å². The summed E-state index contributed by atoms with van der Waals surface area (Å²) in [6.45, 7) is 3.33. The summed E-state index contributed by atoms with van der Waals surface area (Å²) in [4.78, 5) is 0. The van der Waals surface area contributed by atoms with Crippen molar-refractivity contribution in [1.82, 2.24) is 15.0 Å². The largest absolute Gasteiger partial charge is 0.453 e. The first kappa shape index (κ1) is 19.4. The highest BCUT2D eigenvalue weighted by atomic mass is 35.5. The molecule has 0 fully saturated rings. The minimum atomic E-state index is -4.73. The second-order valence-corrected chi connectivity index (χ2v) is 6.99. The minimum absolute atomic E-state index is 0.127. The smallest absolute Gasteiger partial charge is 0.416 e. The Labute approximate surface area is 156 Å². The fourth-order valence-corrected chi connectivity index (χ4v) is 2.68. The number of alkyl halides is 3. The lowest BCUT2D eigenvalue weighted by Gasteiger charge is -2.17. The van der Waals surface area contributed by atoms with E-state index in [-0.39, 0.29) is 12.3 Å². The number of fused-ring (bicyclic) bond motifs is 1. The summed E-state index contributed by atoms with van der Waals surface area (Å²) in [7, 11) is 0. The molecule has 0 saturated heterocycles. The molecule has 0 unspecified atom stereocenters. The van der Waals surface area contributed by atoms with Gasteiger partial charge in [-0.15, -0.1) is 5.10 Å². The standard InChI is InChI=1S/C17H14ClF4N3O2/c1-16(2,26)8-25-14-7-10(3-4-13(14)23-24-25)27-15-11(18)5-9(6-12(15)19)17(20,21)22/h3-7,26H,8H2,1-2H3. The number of hydrogen-bond acceptors (Lipinski definition) is 4. The summed E-state index contributed by atoms with van der Waals surface area (Å²) in [5.74, 6) is -1.63. The Hall–Kier alpha value is -2.39. The minimum Gasteiger partial charge on any atom is -0.453 e. The maximum Gasteiger partial charge on any atom is 0.416 e. The molecule has 1 N–H and O–H groups in total. The normalized spacial score (nSPS) is 12.6. The summed E-state index contributed by atoms with van der Waals surface area (Å²) < 4.78 is 59.1. The lowest BCUT2D eigenvalue weighted by atomic mass is 10.1. The molecule has 27 heavy (non-hydrogen) atoms. The van der Waals surface area contributed by atoms with E-state index in [1.54, 1.807) is 19.9 Å². The van der Waals surface area contributed by atoms with Crippen LogP contribution in [-0.2, 0) is 12.7 Å². The van der Waals surface area contributed by atoms with Gasteiger partial charge in [0.15, 0.2) is 11.6 Å². The van der Waals surface area contributed by atoms with E-state index in [1.807, 2.05) is 0 Å². The Balaban J connectivity index is 1.96. The molecule has 144 valence electrons. The zero-order valence-electron chi connectivity index (χ0n) is 14.2. The van der Waals surface area contributed by atoms with Crippen molar-refractivity contribution in [3.63, 3.8) is 0 Å². The molecule has 0 aliphatic heterocycles. The first-order chi connectivity index (χ1) is 12.4. The van der Waals surface area contributed by atoms with Gasteiger partial charge in [-0.1, -0.05) is 16.8 Å². The van der Waals surface area contributed by atoms with E-state index in [4.69, 9.17) is 16.3 Å². The summed E-state index contributed by atoms with van der Waals surface area (Å²) in [5.41, 5.74) is -1.26. The molecule has 10 heteroatoms. The molecule has 1 aromatic heterocycles. The van der Waals surface area contributed by atoms with Crippen LogP contribution in [0.2, 0.25) is 5.02 Å². The third kappa shape index (κ3) is 4.30. The average Bonchev–Trinajstić information content (AvgIpc) is 2.90. The van der Waals surface area contributed by atoms with Gasteiger partial charge in [0.1, 0.15) is 11.3 Å². The van der Waals surface area contributed by atoms with Crippen molar-refractivity contribution in [3.05, 3.63) is 46.7 Å². The van der Waals surface area contributed by atoms with Crippen molar-refractivity contribution in [2.45, 2.75) is 32.2 Å². The molecule has 0 spiro atoms. The van der Waals surface area contributed by atoms with Crippen LogP contribution in [0.1, 0.15) is 19.4 Å². The Morgan fingerprint density at radius 3 is 2.48 bits per heavy atom. The first-order valence-electron chi connectivity index (χ1n) is 7.74. The SMILES string of the molecule is CC(C)(O)Cn1nnc2ccc(Oc3c(F)cc(C(F)(F)F)cc3Cl)cc21.